The Kier molecular flexibility index (Phi) is 4.40. The summed E-state index contributed by atoms with van der Waals surface area (Å²) in [6, 6.07) is 7.94. The number of benzene rings is 1. The van der Waals surface area contributed by atoms with Crippen molar-refractivity contribution in [2.24, 2.45) is 0 Å². The summed E-state index contributed by atoms with van der Waals surface area (Å²) in [5.41, 5.74) is 3.30. The zero-order valence-electron chi connectivity index (χ0n) is 11.3. The molecule has 0 amide bonds. The van der Waals surface area contributed by atoms with Gasteiger partial charge in [-0.25, -0.2) is 4.98 Å². The van der Waals surface area contributed by atoms with Crippen LogP contribution in [-0.2, 0) is 6.54 Å². The van der Waals surface area contributed by atoms with Crippen molar-refractivity contribution in [3.05, 3.63) is 52.2 Å². The fourth-order valence-electron chi connectivity index (χ4n) is 1.95. The molecule has 1 aromatic carbocycles. The van der Waals surface area contributed by atoms with Gasteiger partial charge in [-0.05, 0) is 49.7 Å². The molecule has 0 bridgehead atoms. The summed E-state index contributed by atoms with van der Waals surface area (Å²) in [6.45, 7) is 4.77. The van der Waals surface area contributed by atoms with Crippen LogP contribution in [0.15, 0.2) is 30.5 Å². The van der Waals surface area contributed by atoms with Gasteiger partial charge in [-0.2, -0.15) is 0 Å². The highest BCUT2D eigenvalue weighted by atomic mass is 35.5. The highest BCUT2D eigenvalue weighted by molar-refractivity contribution is 6.31. The van der Waals surface area contributed by atoms with Crippen molar-refractivity contribution in [3.63, 3.8) is 0 Å². The highest BCUT2D eigenvalue weighted by Gasteiger charge is 2.05. The van der Waals surface area contributed by atoms with Crippen molar-refractivity contribution in [1.82, 2.24) is 10.3 Å². The number of nitrogens with zero attached hydrogens (tertiary/aromatic N) is 1. The summed E-state index contributed by atoms with van der Waals surface area (Å²) in [5.74, 6) is 1.35. The molecular formula is C15H17ClN2O. The largest absolute Gasteiger partial charge is 0.439 e. The van der Waals surface area contributed by atoms with Gasteiger partial charge >= 0.3 is 0 Å². The molecule has 1 aromatic heterocycles. The maximum Gasteiger partial charge on any atom is 0.219 e. The molecule has 0 unspecified atom stereocenters. The monoisotopic (exact) mass is 276 g/mol. The number of nitrogens with one attached hydrogen (secondary N) is 1. The Balaban J connectivity index is 2.25. The zero-order chi connectivity index (χ0) is 13.8. The number of halogens is 1. The molecule has 0 aliphatic carbocycles. The molecule has 0 saturated heterocycles. The lowest BCUT2D eigenvalue weighted by Gasteiger charge is -2.09. The van der Waals surface area contributed by atoms with E-state index in [2.05, 4.69) is 16.4 Å². The molecule has 0 radical (unpaired) electrons. The smallest absolute Gasteiger partial charge is 0.219 e. The predicted molar refractivity (Wildman–Crippen MR) is 78.0 cm³/mol. The van der Waals surface area contributed by atoms with E-state index in [1.807, 2.05) is 39.1 Å². The van der Waals surface area contributed by atoms with Crippen LogP contribution in [0.2, 0.25) is 5.02 Å². The lowest BCUT2D eigenvalue weighted by atomic mass is 10.1. The van der Waals surface area contributed by atoms with E-state index in [0.29, 0.717) is 17.4 Å². The second-order valence-corrected chi connectivity index (χ2v) is 4.98. The van der Waals surface area contributed by atoms with Crippen LogP contribution in [-0.4, -0.2) is 12.0 Å². The Morgan fingerprint density at radius 1 is 1.16 bits per heavy atom. The van der Waals surface area contributed by atoms with Crippen molar-refractivity contribution in [2.45, 2.75) is 20.4 Å². The first-order valence-corrected chi connectivity index (χ1v) is 6.51. The summed E-state index contributed by atoms with van der Waals surface area (Å²) >= 11 is 6.07. The lowest BCUT2D eigenvalue weighted by Crippen LogP contribution is -2.06. The number of rotatable bonds is 4. The Morgan fingerprint density at radius 2 is 1.84 bits per heavy atom. The standard InChI is InChI=1S/C15H17ClN2O/c1-10-4-11(2)6-13(5-10)19-15-7-12(8-17-3)14(16)9-18-15/h4-7,9,17H,8H2,1-3H3. The fraction of sp³-hybridized carbons (Fsp3) is 0.267. The molecule has 3 nitrogen and oxygen atoms in total. The van der Waals surface area contributed by atoms with Gasteiger partial charge in [0, 0.05) is 18.8 Å². The van der Waals surface area contributed by atoms with Crippen LogP contribution in [0.5, 0.6) is 11.6 Å². The molecule has 0 aliphatic rings. The molecule has 2 rings (SSSR count). The first-order valence-electron chi connectivity index (χ1n) is 6.13. The van der Waals surface area contributed by atoms with Crippen molar-refractivity contribution in [3.8, 4) is 11.6 Å². The van der Waals surface area contributed by atoms with Crippen LogP contribution in [0.1, 0.15) is 16.7 Å². The van der Waals surface area contributed by atoms with E-state index in [-0.39, 0.29) is 0 Å². The Labute approximate surface area is 118 Å². The van der Waals surface area contributed by atoms with Gasteiger partial charge in [0.05, 0.1) is 5.02 Å². The molecule has 1 heterocycles. The fourth-order valence-corrected chi connectivity index (χ4v) is 2.12. The highest BCUT2D eigenvalue weighted by Crippen LogP contribution is 2.25. The normalized spacial score (nSPS) is 10.5. The Morgan fingerprint density at radius 3 is 2.47 bits per heavy atom. The van der Waals surface area contributed by atoms with Gasteiger partial charge < -0.3 is 10.1 Å². The van der Waals surface area contributed by atoms with E-state index in [9.17, 15) is 0 Å². The third-order valence-corrected chi connectivity index (χ3v) is 3.03. The second-order valence-electron chi connectivity index (χ2n) is 4.57. The van der Waals surface area contributed by atoms with E-state index >= 15 is 0 Å². The minimum Gasteiger partial charge on any atom is -0.439 e. The molecule has 0 aliphatic heterocycles. The van der Waals surface area contributed by atoms with Crippen molar-refractivity contribution >= 4 is 11.6 Å². The topological polar surface area (TPSA) is 34.1 Å². The van der Waals surface area contributed by atoms with Crippen LogP contribution >= 0.6 is 11.6 Å². The van der Waals surface area contributed by atoms with Crippen LogP contribution < -0.4 is 10.1 Å². The minimum absolute atomic E-state index is 0.555. The molecule has 1 N–H and O–H groups in total. The molecule has 0 saturated carbocycles. The van der Waals surface area contributed by atoms with Crippen LogP contribution in [0.3, 0.4) is 0 Å². The molecule has 4 heteroatoms. The molecule has 0 atom stereocenters. The van der Waals surface area contributed by atoms with Crippen molar-refractivity contribution in [2.75, 3.05) is 7.05 Å². The number of aryl methyl sites for hydroxylation is 2. The second kappa shape index (κ2) is 6.04. The van der Waals surface area contributed by atoms with Gasteiger partial charge in [0.15, 0.2) is 0 Å². The Bertz CT molecular complexity index is 564. The first-order chi connectivity index (χ1) is 9.08. The number of hydrogen-bond donors (Lipinski definition) is 1. The van der Waals surface area contributed by atoms with Gasteiger partial charge in [0.1, 0.15) is 5.75 Å². The molecule has 0 fully saturated rings. The number of hydrogen-bond acceptors (Lipinski definition) is 3. The van der Waals surface area contributed by atoms with E-state index in [1.54, 1.807) is 6.20 Å². The third kappa shape index (κ3) is 3.69. The van der Waals surface area contributed by atoms with E-state index in [0.717, 1.165) is 11.3 Å². The molecular weight excluding hydrogens is 260 g/mol. The van der Waals surface area contributed by atoms with E-state index in [1.165, 1.54) is 11.1 Å². The minimum atomic E-state index is 0.555. The zero-order valence-corrected chi connectivity index (χ0v) is 12.1. The molecule has 2 aromatic rings. The van der Waals surface area contributed by atoms with Crippen molar-refractivity contribution in [1.29, 1.82) is 0 Å². The number of pyridine rings is 1. The summed E-state index contributed by atoms with van der Waals surface area (Å²) in [6.07, 6.45) is 1.62. The maximum absolute atomic E-state index is 6.07. The van der Waals surface area contributed by atoms with Gasteiger partial charge in [-0.15, -0.1) is 0 Å². The van der Waals surface area contributed by atoms with Crippen LogP contribution in [0.4, 0.5) is 0 Å². The summed E-state index contributed by atoms with van der Waals surface area (Å²) in [5, 5.41) is 3.71. The molecule has 19 heavy (non-hydrogen) atoms. The van der Waals surface area contributed by atoms with Crippen LogP contribution in [0.25, 0.3) is 0 Å². The van der Waals surface area contributed by atoms with E-state index < -0.39 is 0 Å². The van der Waals surface area contributed by atoms with Gasteiger partial charge in [-0.3, -0.25) is 0 Å². The molecule has 100 valence electrons. The van der Waals surface area contributed by atoms with E-state index in [4.69, 9.17) is 16.3 Å². The van der Waals surface area contributed by atoms with Crippen molar-refractivity contribution < 1.29 is 4.74 Å². The Hall–Kier alpha value is -1.58. The first kappa shape index (κ1) is 13.8. The summed E-state index contributed by atoms with van der Waals surface area (Å²) in [4.78, 5) is 4.19. The third-order valence-electron chi connectivity index (χ3n) is 2.69. The quantitative estimate of drug-likeness (QED) is 0.921. The SMILES string of the molecule is CNCc1cc(Oc2cc(C)cc(C)c2)ncc1Cl. The van der Waals surface area contributed by atoms with Crippen LogP contribution in [0, 0.1) is 13.8 Å². The molecule has 0 spiro atoms. The van der Waals surface area contributed by atoms with Gasteiger partial charge in [0.25, 0.3) is 0 Å². The summed E-state index contributed by atoms with van der Waals surface area (Å²) < 4.78 is 5.78. The lowest BCUT2D eigenvalue weighted by molar-refractivity contribution is 0.461. The predicted octanol–water partition coefficient (Wildman–Crippen LogP) is 3.86. The average Bonchev–Trinajstić information content (AvgIpc) is 2.32. The summed E-state index contributed by atoms with van der Waals surface area (Å²) in [7, 11) is 1.88. The average molecular weight is 277 g/mol. The number of aromatic nitrogens is 1. The van der Waals surface area contributed by atoms with Gasteiger partial charge in [-0.1, -0.05) is 17.7 Å². The maximum atomic E-state index is 6.07. The van der Waals surface area contributed by atoms with Gasteiger partial charge in [0.2, 0.25) is 5.88 Å². The number of ether oxygens (including phenoxy) is 1.